The normalized spacial score (nSPS) is 32.0. The minimum atomic E-state index is 0.523. The molecule has 0 radical (unpaired) electrons. The molecule has 116 valence electrons. The van der Waals surface area contributed by atoms with Crippen LogP contribution in [0.4, 0.5) is 0 Å². The molecule has 3 rings (SSSR count). The Kier molecular flexibility index (Phi) is 4.40. The molecule has 2 saturated carbocycles. The third-order valence-corrected chi connectivity index (χ3v) is 5.93. The molecule has 21 heavy (non-hydrogen) atoms. The molecule has 0 spiro atoms. The van der Waals surface area contributed by atoms with E-state index in [2.05, 4.69) is 56.4 Å². The zero-order chi connectivity index (χ0) is 14.9. The Morgan fingerprint density at radius 3 is 2.62 bits per heavy atom. The molecular formula is C20H31N. The summed E-state index contributed by atoms with van der Waals surface area (Å²) in [6.07, 6.45) is 6.88. The summed E-state index contributed by atoms with van der Waals surface area (Å²) in [5.41, 5.74) is 2.08. The smallest absolute Gasteiger partial charge is 0.0135 e. The van der Waals surface area contributed by atoms with Crippen molar-refractivity contribution in [1.82, 2.24) is 5.32 Å². The lowest BCUT2D eigenvalue weighted by Crippen LogP contribution is -2.43. The van der Waals surface area contributed by atoms with Gasteiger partial charge in [0.15, 0.2) is 0 Å². The Hall–Kier alpha value is -0.820. The van der Waals surface area contributed by atoms with Crippen molar-refractivity contribution in [2.24, 2.45) is 17.3 Å². The molecule has 2 aliphatic rings. The van der Waals surface area contributed by atoms with Crippen LogP contribution >= 0.6 is 0 Å². The van der Waals surface area contributed by atoms with E-state index in [1.807, 2.05) is 0 Å². The molecule has 1 N–H and O–H groups in total. The topological polar surface area (TPSA) is 12.0 Å². The molecule has 4 atom stereocenters. The van der Waals surface area contributed by atoms with Crippen LogP contribution in [-0.4, -0.2) is 12.6 Å². The third kappa shape index (κ3) is 3.18. The highest BCUT2D eigenvalue weighted by Crippen LogP contribution is 2.55. The molecule has 0 heterocycles. The molecule has 0 amide bonds. The highest BCUT2D eigenvalue weighted by Gasteiger charge is 2.50. The summed E-state index contributed by atoms with van der Waals surface area (Å²) in [6.45, 7) is 8.44. The average molecular weight is 285 g/mol. The number of hydrogen-bond donors (Lipinski definition) is 1. The molecule has 1 heteroatoms. The summed E-state index contributed by atoms with van der Waals surface area (Å²) in [7, 11) is 0. The number of rotatable bonds is 6. The molecule has 0 saturated heterocycles. The second-order valence-corrected chi connectivity index (χ2v) is 7.88. The predicted octanol–water partition coefficient (Wildman–Crippen LogP) is 4.98. The minimum absolute atomic E-state index is 0.523. The molecule has 0 aromatic heterocycles. The third-order valence-electron chi connectivity index (χ3n) is 5.93. The van der Waals surface area contributed by atoms with Crippen LogP contribution in [0.3, 0.4) is 0 Å². The zero-order valence-corrected chi connectivity index (χ0v) is 13.9. The Morgan fingerprint density at radius 2 is 2.00 bits per heavy atom. The van der Waals surface area contributed by atoms with E-state index in [4.69, 9.17) is 0 Å². The lowest BCUT2D eigenvalue weighted by molar-refractivity contribution is 0.180. The van der Waals surface area contributed by atoms with Crippen LogP contribution in [0.15, 0.2) is 30.3 Å². The monoisotopic (exact) mass is 285 g/mol. The van der Waals surface area contributed by atoms with Crippen molar-refractivity contribution in [3.63, 3.8) is 0 Å². The van der Waals surface area contributed by atoms with E-state index in [-0.39, 0.29) is 0 Å². The number of hydrogen-bond acceptors (Lipinski definition) is 1. The summed E-state index contributed by atoms with van der Waals surface area (Å²) in [6, 6.07) is 11.9. The van der Waals surface area contributed by atoms with Crippen LogP contribution in [0.5, 0.6) is 0 Å². The quantitative estimate of drug-likeness (QED) is 0.777. The van der Waals surface area contributed by atoms with Crippen molar-refractivity contribution in [3.8, 4) is 0 Å². The average Bonchev–Trinajstić information content (AvgIpc) is 3.19. The van der Waals surface area contributed by atoms with E-state index < -0.39 is 0 Å². The van der Waals surface area contributed by atoms with E-state index in [1.54, 1.807) is 5.56 Å². The van der Waals surface area contributed by atoms with E-state index >= 15 is 0 Å². The largest absolute Gasteiger partial charge is 0.313 e. The van der Waals surface area contributed by atoms with Gasteiger partial charge >= 0.3 is 0 Å². The van der Waals surface area contributed by atoms with Crippen molar-refractivity contribution >= 4 is 0 Å². The number of benzene rings is 1. The van der Waals surface area contributed by atoms with Crippen LogP contribution in [0.1, 0.15) is 64.4 Å². The molecule has 0 bridgehead atoms. The zero-order valence-electron chi connectivity index (χ0n) is 13.9. The van der Waals surface area contributed by atoms with Crippen LogP contribution in [0, 0.1) is 17.3 Å². The summed E-state index contributed by atoms with van der Waals surface area (Å²) in [5.74, 6) is 2.53. The molecule has 1 aromatic carbocycles. The molecule has 2 fully saturated rings. The van der Waals surface area contributed by atoms with Gasteiger partial charge in [0.25, 0.3) is 0 Å². The Balaban J connectivity index is 1.72. The fourth-order valence-corrected chi connectivity index (χ4v) is 4.62. The van der Waals surface area contributed by atoms with E-state index in [0.717, 1.165) is 23.8 Å². The highest BCUT2D eigenvalue weighted by molar-refractivity contribution is 5.27. The first-order chi connectivity index (χ1) is 10.1. The Bertz CT molecular complexity index is 450. The van der Waals surface area contributed by atoms with Crippen molar-refractivity contribution in [1.29, 1.82) is 0 Å². The fourth-order valence-electron chi connectivity index (χ4n) is 4.62. The first-order valence-electron chi connectivity index (χ1n) is 8.92. The summed E-state index contributed by atoms with van der Waals surface area (Å²) < 4.78 is 0. The van der Waals surface area contributed by atoms with Gasteiger partial charge in [-0.25, -0.2) is 0 Å². The van der Waals surface area contributed by atoms with Crippen molar-refractivity contribution < 1.29 is 0 Å². The van der Waals surface area contributed by atoms with Crippen LogP contribution in [-0.2, 0) is 0 Å². The first-order valence-corrected chi connectivity index (χ1v) is 8.92. The lowest BCUT2D eigenvalue weighted by Gasteiger charge is -2.35. The second-order valence-electron chi connectivity index (χ2n) is 7.88. The molecule has 1 aromatic rings. The van der Waals surface area contributed by atoms with Gasteiger partial charge in [-0.15, -0.1) is 0 Å². The van der Waals surface area contributed by atoms with E-state index in [0.29, 0.717) is 5.41 Å². The first kappa shape index (κ1) is 15.1. The van der Waals surface area contributed by atoms with E-state index in [1.165, 1.54) is 38.6 Å². The molecule has 2 aliphatic carbocycles. The number of nitrogens with one attached hydrogen (secondary N) is 1. The summed E-state index contributed by atoms with van der Waals surface area (Å²) >= 11 is 0. The van der Waals surface area contributed by atoms with Gasteiger partial charge in [0.1, 0.15) is 0 Å². The van der Waals surface area contributed by atoms with Gasteiger partial charge in [0, 0.05) is 6.04 Å². The standard InChI is InChI=1S/C20H31N/c1-4-13-21-19(18-11-8-12-20(18,2)3)17-14-16(17)15-9-6-5-7-10-15/h5-7,9-10,16-19,21H,4,8,11-14H2,1-3H3. The summed E-state index contributed by atoms with van der Waals surface area (Å²) in [4.78, 5) is 0. The molecule has 0 aliphatic heterocycles. The van der Waals surface area contributed by atoms with Gasteiger partial charge in [-0.05, 0) is 61.0 Å². The molecule has 1 nitrogen and oxygen atoms in total. The highest BCUT2D eigenvalue weighted by atomic mass is 14.9. The van der Waals surface area contributed by atoms with Crippen LogP contribution in [0.2, 0.25) is 0 Å². The lowest BCUT2D eigenvalue weighted by atomic mass is 9.75. The second kappa shape index (κ2) is 6.12. The summed E-state index contributed by atoms with van der Waals surface area (Å²) in [5, 5.41) is 3.93. The van der Waals surface area contributed by atoms with E-state index in [9.17, 15) is 0 Å². The SMILES string of the molecule is CCCNC(C1CC1c1ccccc1)C1CCCC1(C)C. The molecule has 4 unspecified atom stereocenters. The van der Waals surface area contributed by atoms with Gasteiger partial charge < -0.3 is 5.32 Å². The van der Waals surface area contributed by atoms with Gasteiger partial charge in [-0.1, -0.05) is 57.5 Å². The van der Waals surface area contributed by atoms with Crippen molar-refractivity contribution in [2.75, 3.05) is 6.54 Å². The molecular weight excluding hydrogens is 254 g/mol. The van der Waals surface area contributed by atoms with Crippen molar-refractivity contribution in [3.05, 3.63) is 35.9 Å². The van der Waals surface area contributed by atoms with Crippen molar-refractivity contribution in [2.45, 2.75) is 64.8 Å². The maximum atomic E-state index is 3.93. The maximum absolute atomic E-state index is 3.93. The van der Waals surface area contributed by atoms with Gasteiger partial charge in [0.05, 0.1) is 0 Å². The van der Waals surface area contributed by atoms with Crippen LogP contribution < -0.4 is 5.32 Å². The van der Waals surface area contributed by atoms with Crippen LogP contribution in [0.25, 0.3) is 0 Å². The Labute approximate surface area is 130 Å². The predicted molar refractivity (Wildman–Crippen MR) is 90.5 cm³/mol. The minimum Gasteiger partial charge on any atom is -0.313 e. The fraction of sp³-hybridized carbons (Fsp3) is 0.700. The Morgan fingerprint density at radius 1 is 1.24 bits per heavy atom. The maximum Gasteiger partial charge on any atom is 0.0135 e. The van der Waals surface area contributed by atoms with Gasteiger partial charge in [0.2, 0.25) is 0 Å². The van der Waals surface area contributed by atoms with Gasteiger partial charge in [-0.3, -0.25) is 0 Å². The van der Waals surface area contributed by atoms with Gasteiger partial charge in [-0.2, -0.15) is 0 Å².